The number of carbonyl (C=O) groups is 1. The van der Waals surface area contributed by atoms with Crippen molar-refractivity contribution in [2.24, 2.45) is 5.10 Å². The highest BCUT2D eigenvalue weighted by Crippen LogP contribution is 2.23. The first kappa shape index (κ1) is 17.3. The Labute approximate surface area is 147 Å². The van der Waals surface area contributed by atoms with Crippen molar-refractivity contribution in [1.29, 1.82) is 10.5 Å². The summed E-state index contributed by atoms with van der Waals surface area (Å²) in [6.07, 6.45) is 0. The Morgan fingerprint density at radius 1 is 1.04 bits per heavy atom. The molecule has 0 aliphatic rings. The minimum absolute atomic E-state index is 0.242. The van der Waals surface area contributed by atoms with E-state index in [2.05, 4.69) is 15.8 Å². The Balaban J connectivity index is 2.15. The van der Waals surface area contributed by atoms with Crippen molar-refractivity contribution in [3.63, 3.8) is 0 Å². The van der Waals surface area contributed by atoms with Gasteiger partial charge in [0.2, 0.25) is 5.71 Å². The van der Waals surface area contributed by atoms with Gasteiger partial charge in [0.1, 0.15) is 12.1 Å². The normalized spacial score (nSPS) is 9.33. The lowest BCUT2D eigenvalue weighted by molar-refractivity contribution is 0.102. The number of hydrazone groups is 1. The number of rotatable bonds is 4. The average molecular weight is 358 g/mol. The molecule has 0 unspecified atom stereocenters. The molecule has 0 saturated heterocycles. The number of halogens is 2. The number of nitrogens with one attached hydrogen (secondary N) is 2. The summed E-state index contributed by atoms with van der Waals surface area (Å²) < 4.78 is 0. The van der Waals surface area contributed by atoms with Crippen molar-refractivity contribution in [3.8, 4) is 12.1 Å². The van der Waals surface area contributed by atoms with Gasteiger partial charge in [-0.3, -0.25) is 10.2 Å². The van der Waals surface area contributed by atoms with Crippen molar-refractivity contribution in [1.82, 2.24) is 0 Å². The second kappa shape index (κ2) is 7.98. The van der Waals surface area contributed by atoms with Crippen LogP contribution in [-0.4, -0.2) is 11.6 Å². The third-order valence-corrected chi connectivity index (χ3v) is 3.35. The van der Waals surface area contributed by atoms with Crippen LogP contribution in [0.3, 0.4) is 0 Å². The van der Waals surface area contributed by atoms with Crippen LogP contribution in [0.1, 0.15) is 10.4 Å². The maximum absolute atomic E-state index is 12.2. The highest BCUT2D eigenvalue weighted by atomic mass is 35.5. The molecule has 0 saturated carbocycles. The lowest BCUT2D eigenvalue weighted by Crippen LogP contribution is -2.12. The topological polar surface area (TPSA) is 101 Å². The largest absolute Gasteiger partial charge is 0.322 e. The number of anilines is 2. The Hall–Kier alpha value is -3.06. The van der Waals surface area contributed by atoms with Crippen molar-refractivity contribution >= 4 is 46.2 Å². The van der Waals surface area contributed by atoms with Gasteiger partial charge in [-0.25, -0.2) is 0 Å². The molecule has 2 aromatic carbocycles. The first-order valence-corrected chi connectivity index (χ1v) is 7.29. The zero-order chi connectivity index (χ0) is 17.5. The fourth-order valence-corrected chi connectivity index (χ4v) is 2.23. The van der Waals surface area contributed by atoms with Crippen LogP contribution >= 0.6 is 23.2 Å². The van der Waals surface area contributed by atoms with Gasteiger partial charge in [0, 0.05) is 10.7 Å². The lowest BCUT2D eigenvalue weighted by Gasteiger charge is -2.08. The summed E-state index contributed by atoms with van der Waals surface area (Å²) in [7, 11) is 0. The molecule has 0 bridgehead atoms. The Morgan fingerprint density at radius 2 is 1.75 bits per heavy atom. The average Bonchev–Trinajstić information content (AvgIpc) is 2.56. The summed E-state index contributed by atoms with van der Waals surface area (Å²) in [5.74, 6) is -0.396. The van der Waals surface area contributed by atoms with Gasteiger partial charge in [-0.1, -0.05) is 29.3 Å². The number of carbonyl (C=O) groups excluding carboxylic acids is 1. The second-order valence-corrected chi connectivity index (χ2v) is 5.30. The van der Waals surface area contributed by atoms with Gasteiger partial charge in [0.25, 0.3) is 5.91 Å². The molecule has 2 aromatic rings. The number of hydrogen-bond donors (Lipinski definition) is 2. The predicted molar refractivity (Wildman–Crippen MR) is 93.1 cm³/mol. The SMILES string of the molecule is N#CC(C#N)=NNc1cccc(NC(=O)c2ccc(Cl)cc2Cl)c1. The minimum Gasteiger partial charge on any atom is -0.322 e. The van der Waals surface area contributed by atoms with Crippen molar-refractivity contribution in [3.05, 3.63) is 58.1 Å². The van der Waals surface area contributed by atoms with E-state index >= 15 is 0 Å². The molecule has 8 heteroatoms. The fraction of sp³-hybridized carbons (Fsp3) is 0. The Kier molecular flexibility index (Phi) is 5.75. The van der Waals surface area contributed by atoms with Gasteiger partial charge in [0.15, 0.2) is 0 Å². The standard InChI is InChI=1S/C16H9Cl2N5O/c17-10-4-5-14(15(18)6-10)16(24)21-11-2-1-3-12(7-11)22-23-13(8-19)9-20/h1-7,22H,(H,21,24). The summed E-state index contributed by atoms with van der Waals surface area (Å²) in [6.45, 7) is 0. The molecule has 0 heterocycles. The van der Waals surface area contributed by atoms with E-state index < -0.39 is 5.91 Å². The van der Waals surface area contributed by atoms with Crippen LogP contribution in [-0.2, 0) is 0 Å². The summed E-state index contributed by atoms with van der Waals surface area (Å²) >= 11 is 11.8. The quantitative estimate of drug-likeness (QED) is 0.636. The lowest BCUT2D eigenvalue weighted by atomic mass is 10.2. The molecule has 1 amide bonds. The van der Waals surface area contributed by atoms with Gasteiger partial charge in [0.05, 0.1) is 16.3 Å². The molecule has 2 N–H and O–H groups in total. The van der Waals surface area contributed by atoms with Gasteiger partial charge in [-0.2, -0.15) is 15.6 Å². The van der Waals surface area contributed by atoms with Gasteiger partial charge < -0.3 is 5.32 Å². The molecule has 118 valence electrons. The molecule has 0 fully saturated rings. The number of nitrogens with zero attached hydrogens (tertiary/aromatic N) is 3. The van der Waals surface area contributed by atoms with E-state index in [1.165, 1.54) is 12.1 Å². The summed E-state index contributed by atoms with van der Waals surface area (Å²) in [6, 6.07) is 14.5. The molecule has 0 aliphatic heterocycles. The highest BCUT2D eigenvalue weighted by molar-refractivity contribution is 6.37. The molecule has 0 aliphatic carbocycles. The van der Waals surface area contributed by atoms with Gasteiger partial charge >= 0.3 is 0 Å². The molecule has 0 aromatic heterocycles. The number of nitriles is 2. The molecule has 0 atom stereocenters. The summed E-state index contributed by atoms with van der Waals surface area (Å²) in [5, 5.41) is 24.3. The molecule has 24 heavy (non-hydrogen) atoms. The fourth-order valence-electron chi connectivity index (χ4n) is 1.73. The molecule has 2 rings (SSSR count). The molecular formula is C16H9Cl2N5O. The van der Waals surface area contributed by atoms with Crippen molar-refractivity contribution < 1.29 is 4.79 Å². The van der Waals surface area contributed by atoms with E-state index in [-0.39, 0.29) is 16.3 Å². The monoisotopic (exact) mass is 357 g/mol. The summed E-state index contributed by atoms with van der Waals surface area (Å²) in [4.78, 5) is 12.2. The predicted octanol–water partition coefficient (Wildman–Crippen LogP) is 4.06. The molecular weight excluding hydrogens is 349 g/mol. The molecule has 0 spiro atoms. The first-order chi connectivity index (χ1) is 11.5. The van der Waals surface area contributed by atoms with E-state index in [4.69, 9.17) is 33.7 Å². The van der Waals surface area contributed by atoms with E-state index in [9.17, 15) is 4.79 Å². The number of hydrogen-bond acceptors (Lipinski definition) is 5. The van der Waals surface area contributed by atoms with E-state index in [0.29, 0.717) is 16.4 Å². The highest BCUT2D eigenvalue weighted by Gasteiger charge is 2.11. The number of amides is 1. The maximum Gasteiger partial charge on any atom is 0.257 e. The van der Waals surface area contributed by atoms with Crippen molar-refractivity contribution in [2.75, 3.05) is 10.7 Å². The van der Waals surface area contributed by atoms with Crippen LogP contribution in [0.4, 0.5) is 11.4 Å². The molecule has 6 nitrogen and oxygen atoms in total. The smallest absolute Gasteiger partial charge is 0.257 e. The van der Waals surface area contributed by atoms with E-state index in [1.807, 2.05) is 0 Å². The Bertz CT molecular complexity index is 880. The molecule has 0 radical (unpaired) electrons. The van der Waals surface area contributed by atoms with E-state index in [1.54, 1.807) is 42.5 Å². The zero-order valence-corrected chi connectivity index (χ0v) is 13.6. The third kappa shape index (κ3) is 4.47. The summed E-state index contributed by atoms with van der Waals surface area (Å²) in [5.41, 5.74) is 3.53. The van der Waals surface area contributed by atoms with Gasteiger partial charge in [-0.15, -0.1) is 0 Å². The van der Waals surface area contributed by atoms with Crippen LogP contribution < -0.4 is 10.7 Å². The van der Waals surface area contributed by atoms with Crippen molar-refractivity contribution in [2.45, 2.75) is 0 Å². The van der Waals surface area contributed by atoms with Crippen LogP contribution in [0, 0.1) is 22.7 Å². The number of benzene rings is 2. The zero-order valence-electron chi connectivity index (χ0n) is 12.0. The Morgan fingerprint density at radius 3 is 2.42 bits per heavy atom. The van der Waals surface area contributed by atoms with Crippen LogP contribution in [0.25, 0.3) is 0 Å². The first-order valence-electron chi connectivity index (χ1n) is 6.54. The van der Waals surface area contributed by atoms with E-state index in [0.717, 1.165) is 0 Å². The maximum atomic E-state index is 12.2. The van der Waals surface area contributed by atoms with Gasteiger partial charge in [-0.05, 0) is 36.4 Å². The second-order valence-electron chi connectivity index (χ2n) is 4.45. The van der Waals surface area contributed by atoms with Crippen LogP contribution in [0.15, 0.2) is 47.6 Å². The van der Waals surface area contributed by atoms with Crippen LogP contribution in [0.2, 0.25) is 10.0 Å². The van der Waals surface area contributed by atoms with Crippen LogP contribution in [0.5, 0.6) is 0 Å². The third-order valence-electron chi connectivity index (χ3n) is 2.80. The minimum atomic E-state index is -0.396.